The molecule has 5 nitrogen and oxygen atoms in total. The Labute approximate surface area is 120 Å². The second kappa shape index (κ2) is 4.79. The van der Waals surface area contributed by atoms with Crippen molar-refractivity contribution in [3.05, 3.63) is 0 Å². The molecule has 0 aromatic rings. The molecule has 3 fully saturated rings. The van der Waals surface area contributed by atoms with E-state index in [1.165, 1.54) is 4.90 Å². The number of aliphatic hydroxyl groups excluding tert-OH is 1. The van der Waals surface area contributed by atoms with Crippen molar-refractivity contribution >= 4 is 18.5 Å². The number of amides is 1. The molecule has 2 bridgehead atoms. The third kappa shape index (κ3) is 2.56. The predicted molar refractivity (Wildman–Crippen MR) is 75.6 cm³/mol. The summed E-state index contributed by atoms with van der Waals surface area (Å²) in [7, 11) is 0. The Morgan fingerprint density at radius 2 is 1.74 bits per heavy atom. The van der Waals surface area contributed by atoms with Gasteiger partial charge in [0.25, 0.3) is 0 Å². The van der Waals surface area contributed by atoms with Crippen molar-refractivity contribution in [2.45, 2.75) is 75.6 Å². The molecular formula is C13H25ClN2O3. The normalized spacial score (nSPS) is 37.6. The fraction of sp³-hybridized carbons (Fsp3) is 0.923. The average Bonchev–Trinajstić information content (AvgIpc) is 2.17. The van der Waals surface area contributed by atoms with Gasteiger partial charge in [0.1, 0.15) is 0 Å². The third-order valence-electron chi connectivity index (χ3n) is 4.64. The maximum Gasteiger partial charge on any atom is 0.408 e. The monoisotopic (exact) mass is 292 g/mol. The van der Waals surface area contributed by atoms with E-state index < -0.39 is 23.3 Å². The van der Waals surface area contributed by atoms with Gasteiger partial charge in [-0.25, -0.2) is 4.79 Å². The van der Waals surface area contributed by atoms with Gasteiger partial charge < -0.3 is 15.9 Å². The summed E-state index contributed by atoms with van der Waals surface area (Å²) in [6, 6.07) is 0. The molecule has 0 saturated heterocycles. The average molecular weight is 293 g/mol. The van der Waals surface area contributed by atoms with Crippen LogP contribution < -0.4 is 5.73 Å². The summed E-state index contributed by atoms with van der Waals surface area (Å²) in [4.78, 5) is 13.1. The number of carboxylic acid groups (broad SMARTS) is 1. The van der Waals surface area contributed by atoms with Gasteiger partial charge >= 0.3 is 6.09 Å². The van der Waals surface area contributed by atoms with Crippen LogP contribution in [0.5, 0.6) is 0 Å². The molecule has 112 valence electrons. The van der Waals surface area contributed by atoms with Crippen LogP contribution in [-0.2, 0) is 0 Å². The van der Waals surface area contributed by atoms with Crippen LogP contribution in [-0.4, -0.2) is 43.9 Å². The zero-order valence-corrected chi connectivity index (χ0v) is 12.7. The first-order valence-electron chi connectivity index (χ1n) is 6.61. The molecule has 6 heteroatoms. The van der Waals surface area contributed by atoms with Gasteiger partial charge in [-0.1, -0.05) is 0 Å². The molecule has 3 aliphatic carbocycles. The Morgan fingerprint density at radius 1 is 1.26 bits per heavy atom. The summed E-state index contributed by atoms with van der Waals surface area (Å²) in [6.07, 6.45) is 1.82. The lowest BCUT2D eigenvalue weighted by Gasteiger charge is -2.60. The number of fused-ring (bicyclic) bond motifs is 3. The maximum atomic E-state index is 11.6. The molecule has 0 aromatic carbocycles. The largest absolute Gasteiger partial charge is 0.465 e. The summed E-state index contributed by atoms with van der Waals surface area (Å²) >= 11 is 0. The number of halogens is 1. The lowest BCUT2D eigenvalue weighted by atomic mass is 9.59. The van der Waals surface area contributed by atoms with Gasteiger partial charge in [-0.3, -0.25) is 4.90 Å². The second-order valence-electron chi connectivity index (χ2n) is 6.97. The maximum absolute atomic E-state index is 11.6. The minimum atomic E-state index is -0.951. The molecule has 3 saturated carbocycles. The van der Waals surface area contributed by atoms with Crippen molar-refractivity contribution in [2.75, 3.05) is 0 Å². The molecule has 19 heavy (non-hydrogen) atoms. The number of hydrogen-bond acceptors (Lipinski definition) is 3. The SMILES string of the molecule is CC(C)(C)N(C(=O)O)C12CCC(N)(CC1)C[C@@H]2O.Cl. The summed E-state index contributed by atoms with van der Waals surface area (Å²) in [6.45, 7) is 5.63. The Balaban J connectivity index is 0.00000180. The molecule has 1 atom stereocenters. The summed E-state index contributed by atoms with van der Waals surface area (Å²) in [5.41, 5.74) is 4.75. The first-order valence-corrected chi connectivity index (χ1v) is 6.61. The number of hydrogen-bond donors (Lipinski definition) is 3. The van der Waals surface area contributed by atoms with Crippen LogP contribution in [0.25, 0.3) is 0 Å². The number of carbonyl (C=O) groups is 1. The molecule has 1 amide bonds. The lowest BCUT2D eigenvalue weighted by molar-refractivity contribution is -0.128. The Kier molecular flexibility index (Phi) is 4.17. The second-order valence-corrected chi connectivity index (χ2v) is 6.97. The highest BCUT2D eigenvalue weighted by Gasteiger charge is 2.58. The van der Waals surface area contributed by atoms with Crippen molar-refractivity contribution in [1.82, 2.24) is 4.90 Å². The quantitative estimate of drug-likeness (QED) is 0.689. The smallest absolute Gasteiger partial charge is 0.408 e. The summed E-state index contributed by atoms with van der Waals surface area (Å²) in [5.74, 6) is 0. The van der Waals surface area contributed by atoms with Gasteiger partial charge in [-0.2, -0.15) is 0 Å². The van der Waals surface area contributed by atoms with Gasteiger partial charge in [-0.05, 0) is 52.9 Å². The molecule has 0 unspecified atom stereocenters. The molecular weight excluding hydrogens is 268 g/mol. The van der Waals surface area contributed by atoms with E-state index in [-0.39, 0.29) is 17.9 Å². The fourth-order valence-electron chi connectivity index (χ4n) is 3.81. The van der Waals surface area contributed by atoms with Crippen molar-refractivity contribution in [2.24, 2.45) is 5.73 Å². The number of nitrogens with zero attached hydrogens (tertiary/aromatic N) is 1. The van der Waals surface area contributed by atoms with Crippen LogP contribution in [0.1, 0.15) is 52.9 Å². The van der Waals surface area contributed by atoms with Crippen molar-refractivity contribution in [3.8, 4) is 0 Å². The molecule has 0 aromatic heterocycles. The zero-order chi connectivity index (χ0) is 13.8. The van der Waals surface area contributed by atoms with E-state index in [9.17, 15) is 15.0 Å². The van der Waals surface area contributed by atoms with Gasteiger partial charge in [0.05, 0.1) is 11.6 Å². The topological polar surface area (TPSA) is 86.8 Å². The molecule has 0 radical (unpaired) electrons. The summed E-state index contributed by atoms with van der Waals surface area (Å²) in [5, 5.41) is 20.0. The Morgan fingerprint density at radius 3 is 2.05 bits per heavy atom. The molecule has 3 rings (SSSR count). The van der Waals surface area contributed by atoms with Crippen LogP contribution in [0.15, 0.2) is 0 Å². The van der Waals surface area contributed by atoms with Crippen molar-refractivity contribution < 1.29 is 15.0 Å². The van der Waals surface area contributed by atoms with Crippen molar-refractivity contribution in [3.63, 3.8) is 0 Å². The molecule has 0 aliphatic heterocycles. The minimum absolute atomic E-state index is 0. The van der Waals surface area contributed by atoms with Gasteiger partial charge in [0.2, 0.25) is 0 Å². The van der Waals surface area contributed by atoms with E-state index in [0.717, 1.165) is 12.8 Å². The Bertz CT molecular complexity index is 359. The lowest BCUT2D eigenvalue weighted by Crippen LogP contribution is -2.72. The van der Waals surface area contributed by atoms with E-state index in [2.05, 4.69) is 0 Å². The zero-order valence-electron chi connectivity index (χ0n) is 11.8. The molecule has 3 aliphatic rings. The number of nitrogens with two attached hydrogens (primary N) is 1. The highest BCUT2D eigenvalue weighted by molar-refractivity contribution is 5.85. The first kappa shape index (κ1) is 16.5. The van der Waals surface area contributed by atoms with Crippen LogP contribution in [0.2, 0.25) is 0 Å². The van der Waals surface area contributed by atoms with E-state index in [4.69, 9.17) is 5.73 Å². The van der Waals surface area contributed by atoms with Gasteiger partial charge in [0, 0.05) is 11.1 Å². The van der Waals surface area contributed by atoms with E-state index in [1.54, 1.807) is 0 Å². The third-order valence-corrected chi connectivity index (χ3v) is 4.64. The number of aliphatic hydroxyl groups is 1. The molecule has 0 spiro atoms. The molecule has 0 heterocycles. The van der Waals surface area contributed by atoms with E-state index in [0.29, 0.717) is 19.3 Å². The minimum Gasteiger partial charge on any atom is -0.465 e. The number of rotatable bonds is 1. The van der Waals surface area contributed by atoms with E-state index in [1.807, 2.05) is 20.8 Å². The first-order chi connectivity index (χ1) is 8.11. The molecule has 4 N–H and O–H groups in total. The van der Waals surface area contributed by atoms with Crippen molar-refractivity contribution in [1.29, 1.82) is 0 Å². The van der Waals surface area contributed by atoms with Crippen LogP contribution in [0.4, 0.5) is 4.79 Å². The Hall–Kier alpha value is -0.520. The summed E-state index contributed by atoms with van der Waals surface area (Å²) < 4.78 is 0. The van der Waals surface area contributed by atoms with Gasteiger partial charge in [-0.15, -0.1) is 12.4 Å². The van der Waals surface area contributed by atoms with Crippen LogP contribution >= 0.6 is 12.4 Å². The highest BCUT2D eigenvalue weighted by Crippen LogP contribution is 2.50. The fourth-order valence-corrected chi connectivity index (χ4v) is 3.81. The van der Waals surface area contributed by atoms with Gasteiger partial charge in [0.15, 0.2) is 0 Å². The highest BCUT2D eigenvalue weighted by atomic mass is 35.5. The van der Waals surface area contributed by atoms with Crippen LogP contribution in [0.3, 0.4) is 0 Å². The predicted octanol–water partition coefficient (Wildman–Crippen LogP) is 1.96. The van der Waals surface area contributed by atoms with E-state index >= 15 is 0 Å². The standard InChI is InChI=1S/C13H24N2O3.ClH/c1-11(2,3)15(10(17)18)13-6-4-12(14,5-7-13)8-9(13)16;/h9,16H,4-8,14H2,1-3H3,(H,17,18);1H/t9-,12?,13?;/m0./s1. The van der Waals surface area contributed by atoms with Crippen LogP contribution in [0, 0.1) is 0 Å².